The van der Waals surface area contributed by atoms with Crippen LogP contribution in [-0.4, -0.2) is 98.3 Å². The Morgan fingerprint density at radius 3 is 1.68 bits per heavy atom. The fraction of sp³-hybridized carbons (Fsp3) is 0.667. The van der Waals surface area contributed by atoms with E-state index in [9.17, 15) is 44.6 Å². The molecular weight excluding hydrogens is 671 g/mol. The summed E-state index contributed by atoms with van der Waals surface area (Å²) in [6, 6.07) is 0. The van der Waals surface area contributed by atoms with Crippen LogP contribution in [0.1, 0.15) is 97.3 Å². The third kappa shape index (κ3) is 20.4. The van der Waals surface area contributed by atoms with E-state index in [0.717, 1.165) is 51.4 Å². The molecule has 0 heterocycles. The second-order valence-corrected chi connectivity index (χ2v) is 13.4. The first-order valence-corrected chi connectivity index (χ1v) is 19.1. The maximum Gasteiger partial charge on any atom is 0.472 e. The number of hydrogen-bond donors (Lipinski definition) is 6. The van der Waals surface area contributed by atoms with Gasteiger partial charge in [0.1, 0.15) is 43.2 Å². The van der Waals surface area contributed by atoms with E-state index in [1.165, 1.54) is 0 Å². The van der Waals surface area contributed by atoms with E-state index in [1.54, 1.807) is 0 Å². The number of carbonyl (C=O) groups excluding carboxylic acids is 2. The summed E-state index contributed by atoms with van der Waals surface area (Å²) >= 11 is 0. The van der Waals surface area contributed by atoms with Gasteiger partial charge in [0.05, 0.1) is 6.61 Å². The molecule has 50 heavy (non-hydrogen) atoms. The molecule has 0 bridgehead atoms. The molecule has 13 nitrogen and oxygen atoms in total. The summed E-state index contributed by atoms with van der Waals surface area (Å²) in [5.41, 5.74) is 0. The summed E-state index contributed by atoms with van der Waals surface area (Å²) in [6.07, 6.45) is 16.8. The molecule has 0 saturated heterocycles. The Balaban J connectivity index is 2.55. The van der Waals surface area contributed by atoms with Gasteiger partial charge in [0.25, 0.3) is 0 Å². The number of phosphoric acid groups is 1. The predicted molar refractivity (Wildman–Crippen MR) is 189 cm³/mol. The fourth-order valence-corrected chi connectivity index (χ4v) is 5.70. The van der Waals surface area contributed by atoms with Gasteiger partial charge in [0.2, 0.25) is 0 Å². The lowest BCUT2D eigenvalue weighted by molar-refractivity contribution is -0.220. The standard InChI is InChI=1S/C36H59O13P/c1-3-5-7-9-10-11-12-13-14-15-16-17-18-19-20-21-23-25-30(38)48-28(26-46-29(37)24-22-8-6-4-2)27-47-50(44,45)49-36-34(42)32(40)31(39)33(41)35(36)43/h5,7,10-11,13-14,16-17,19-20,28,31-36,39-43H,3-4,6,8-9,12,15,18,21-27H2,1-2H3,(H,44,45)/b7-5-,11-10-,14-13-,17-16-,20-19-. The van der Waals surface area contributed by atoms with Crippen molar-refractivity contribution in [1.82, 2.24) is 0 Å². The van der Waals surface area contributed by atoms with Gasteiger partial charge in [-0.15, -0.1) is 0 Å². The smallest absolute Gasteiger partial charge is 0.462 e. The second-order valence-electron chi connectivity index (χ2n) is 12.0. The third-order valence-corrected chi connectivity index (χ3v) is 8.61. The molecule has 1 rings (SSSR count). The maximum absolute atomic E-state index is 12.6. The van der Waals surface area contributed by atoms with Crippen molar-refractivity contribution in [3.05, 3.63) is 60.8 Å². The molecule has 0 aromatic heterocycles. The molecule has 0 aliphatic heterocycles. The van der Waals surface area contributed by atoms with Gasteiger partial charge in [0, 0.05) is 12.8 Å². The number of phosphoric ester groups is 1. The molecule has 1 aliphatic carbocycles. The largest absolute Gasteiger partial charge is 0.472 e. The molecule has 6 N–H and O–H groups in total. The van der Waals surface area contributed by atoms with Crippen molar-refractivity contribution in [3.8, 4) is 0 Å². The molecule has 14 heteroatoms. The van der Waals surface area contributed by atoms with Crippen LogP contribution in [0.2, 0.25) is 0 Å². The van der Waals surface area contributed by atoms with Crippen LogP contribution in [0.4, 0.5) is 0 Å². The molecule has 6 atom stereocenters. The molecule has 0 aromatic rings. The molecule has 1 saturated carbocycles. The number of rotatable bonds is 26. The highest BCUT2D eigenvalue weighted by molar-refractivity contribution is 7.47. The van der Waals surface area contributed by atoms with Crippen LogP contribution in [-0.2, 0) is 32.7 Å². The van der Waals surface area contributed by atoms with Crippen molar-refractivity contribution in [3.63, 3.8) is 0 Å². The Labute approximate surface area is 296 Å². The minimum atomic E-state index is -5.11. The van der Waals surface area contributed by atoms with Crippen LogP contribution in [0.3, 0.4) is 0 Å². The molecule has 0 radical (unpaired) electrons. The lowest BCUT2D eigenvalue weighted by Crippen LogP contribution is -2.64. The summed E-state index contributed by atoms with van der Waals surface area (Å²) in [5.74, 6) is -1.20. The van der Waals surface area contributed by atoms with Crippen molar-refractivity contribution in [2.24, 2.45) is 0 Å². The van der Waals surface area contributed by atoms with E-state index < -0.39 is 75.7 Å². The number of hydrogen-bond acceptors (Lipinski definition) is 12. The van der Waals surface area contributed by atoms with Gasteiger partial charge in [-0.2, -0.15) is 0 Å². The van der Waals surface area contributed by atoms with Gasteiger partial charge < -0.3 is 39.9 Å². The van der Waals surface area contributed by atoms with Gasteiger partial charge in [-0.1, -0.05) is 93.9 Å². The van der Waals surface area contributed by atoms with Gasteiger partial charge in [0.15, 0.2) is 6.10 Å². The van der Waals surface area contributed by atoms with E-state index in [4.69, 9.17) is 18.5 Å². The van der Waals surface area contributed by atoms with Gasteiger partial charge >= 0.3 is 19.8 Å². The Kier molecular flexibility index (Phi) is 24.8. The molecule has 286 valence electrons. The van der Waals surface area contributed by atoms with E-state index >= 15 is 0 Å². The summed E-state index contributed by atoms with van der Waals surface area (Å²) in [4.78, 5) is 35.0. The number of allylic oxidation sites excluding steroid dienone is 10. The lowest BCUT2D eigenvalue weighted by Gasteiger charge is -2.41. The quantitative estimate of drug-likeness (QED) is 0.0310. The van der Waals surface area contributed by atoms with Crippen LogP contribution in [0, 0.1) is 0 Å². The number of carbonyl (C=O) groups is 2. The summed E-state index contributed by atoms with van der Waals surface area (Å²) in [6.45, 7) is 2.92. The van der Waals surface area contributed by atoms with Crippen LogP contribution in [0.5, 0.6) is 0 Å². The van der Waals surface area contributed by atoms with Crippen LogP contribution in [0.15, 0.2) is 60.8 Å². The zero-order valence-electron chi connectivity index (χ0n) is 29.4. The van der Waals surface area contributed by atoms with Crippen LogP contribution in [0.25, 0.3) is 0 Å². The Morgan fingerprint density at radius 1 is 0.640 bits per heavy atom. The van der Waals surface area contributed by atoms with Crippen molar-refractivity contribution in [1.29, 1.82) is 0 Å². The van der Waals surface area contributed by atoms with Crippen molar-refractivity contribution >= 4 is 19.8 Å². The maximum atomic E-state index is 12.6. The first-order valence-electron chi connectivity index (χ1n) is 17.6. The number of esters is 2. The monoisotopic (exact) mass is 730 g/mol. The number of aliphatic hydroxyl groups is 5. The number of unbranched alkanes of at least 4 members (excludes halogenated alkanes) is 4. The topological polar surface area (TPSA) is 210 Å². The highest BCUT2D eigenvalue weighted by Crippen LogP contribution is 2.47. The molecule has 6 unspecified atom stereocenters. The summed E-state index contributed by atoms with van der Waals surface area (Å²) < 4.78 is 32.9. The fourth-order valence-electron chi connectivity index (χ4n) is 4.73. The Hall–Kier alpha value is -2.45. The van der Waals surface area contributed by atoms with E-state index in [1.807, 2.05) is 19.1 Å². The molecule has 0 aromatic carbocycles. The van der Waals surface area contributed by atoms with Gasteiger partial charge in [-0.05, 0) is 51.4 Å². The molecule has 1 fully saturated rings. The first-order chi connectivity index (χ1) is 23.9. The van der Waals surface area contributed by atoms with Crippen LogP contribution >= 0.6 is 7.82 Å². The normalized spacial score (nSPS) is 24.9. The highest BCUT2D eigenvalue weighted by atomic mass is 31.2. The third-order valence-electron chi connectivity index (χ3n) is 7.62. The lowest BCUT2D eigenvalue weighted by atomic mass is 9.85. The van der Waals surface area contributed by atoms with Gasteiger partial charge in [-0.25, -0.2) is 4.57 Å². The molecular formula is C36H59O13P. The average Bonchev–Trinajstić information content (AvgIpc) is 3.09. The van der Waals surface area contributed by atoms with E-state index in [0.29, 0.717) is 19.3 Å². The number of aliphatic hydroxyl groups excluding tert-OH is 5. The summed E-state index contributed by atoms with van der Waals surface area (Å²) in [5, 5.41) is 49.7. The highest BCUT2D eigenvalue weighted by Gasteiger charge is 2.51. The van der Waals surface area contributed by atoms with Crippen LogP contribution < -0.4 is 0 Å². The Bertz CT molecular complexity index is 1120. The Morgan fingerprint density at radius 2 is 1.14 bits per heavy atom. The second kappa shape index (κ2) is 27.2. The number of ether oxygens (including phenoxy) is 2. The van der Waals surface area contributed by atoms with E-state index in [2.05, 4.69) is 55.5 Å². The van der Waals surface area contributed by atoms with E-state index in [-0.39, 0.29) is 12.8 Å². The zero-order chi connectivity index (χ0) is 37.2. The molecule has 0 amide bonds. The van der Waals surface area contributed by atoms with Gasteiger partial charge in [-0.3, -0.25) is 18.6 Å². The predicted octanol–water partition coefficient (Wildman–Crippen LogP) is 4.65. The first kappa shape index (κ1) is 45.6. The summed E-state index contributed by atoms with van der Waals surface area (Å²) in [7, 11) is -5.11. The van der Waals surface area contributed by atoms with Crippen molar-refractivity contribution in [2.75, 3.05) is 13.2 Å². The van der Waals surface area contributed by atoms with Crippen molar-refractivity contribution in [2.45, 2.75) is 140 Å². The average molecular weight is 731 g/mol. The van der Waals surface area contributed by atoms with Crippen molar-refractivity contribution < 1.29 is 63.1 Å². The minimum absolute atomic E-state index is 0.0155. The zero-order valence-corrected chi connectivity index (χ0v) is 30.3. The molecule has 0 spiro atoms. The SMILES string of the molecule is CC/C=C\C/C=C\C/C=C\C/C=C\C/C=C\CCCC(=O)OC(COC(=O)CCCCCC)COP(=O)(O)OC1C(O)C(O)C(O)C(O)C1O. The minimum Gasteiger partial charge on any atom is -0.462 e. The molecule has 1 aliphatic rings.